The molecule has 0 unspecified atom stereocenters. The standard InChI is InChI=1S/CH3OS.H2O/c1-3-2;/h1H3;1H2. The summed E-state index contributed by atoms with van der Waals surface area (Å²) in [6, 6.07) is 0. The van der Waals surface area contributed by atoms with Crippen LogP contribution in [0.3, 0.4) is 0 Å². The molecule has 0 aromatic rings. The van der Waals surface area contributed by atoms with Crippen LogP contribution in [-0.2, 0) is 11.7 Å². The van der Waals surface area contributed by atoms with Gasteiger partial charge in [0.15, 0.2) is 0 Å². The highest BCUT2D eigenvalue weighted by atomic mass is 32.1. The Morgan fingerprint density at radius 2 is 1.75 bits per heavy atom. The molecular weight excluding hydrogens is 76.1 g/mol. The van der Waals surface area contributed by atoms with Crippen molar-refractivity contribution in [1.29, 1.82) is 0 Å². The average molecular weight is 81.1 g/mol. The van der Waals surface area contributed by atoms with E-state index in [9.17, 15) is 0 Å². The minimum atomic E-state index is 0. The van der Waals surface area contributed by atoms with Crippen molar-refractivity contribution in [2.24, 2.45) is 0 Å². The zero-order valence-electron chi connectivity index (χ0n) is 2.32. The first-order valence-corrected chi connectivity index (χ1v) is 1.72. The lowest BCUT2D eigenvalue weighted by Gasteiger charge is -1.23. The number of hydrogen-bond acceptors (Lipinski definition) is 1. The molecule has 0 aliphatic carbocycles. The van der Waals surface area contributed by atoms with Gasteiger partial charge in [-0.2, -0.15) is 0 Å². The highest BCUT2D eigenvalue weighted by Crippen LogP contribution is 1.11. The summed E-state index contributed by atoms with van der Waals surface area (Å²) in [7, 11) is 0. The third-order valence-electron chi connectivity index (χ3n) is 0. The van der Waals surface area contributed by atoms with E-state index in [2.05, 4.69) is 0 Å². The Kier molecular flexibility index (Phi) is 27.4. The second kappa shape index (κ2) is 12.2. The van der Waals surface area contributed by atoms with Crippen LogP contribution in [0.2, 0.25) is 0 Å². The van der Waals surface area contributed by atoms with Crippen LogP contribution in [0.25, 0.3) is 0 Å². The Bertz CT molecular complexity index is 13.5. The fourth-order valence-electron chi connectivity index (χ4n) is 0. The summed E-state index contributed by atoms with van der Waals surface area (Å²) in [5, 5.41) is 0. The first kappa shape index (κ1) is 9.02. The SMILES string of the molecule is C[S]=O.O. The van der Waals surface area contributed by atoms with Crippen molar-refractivity contribution in [2.75, 3.05) is 6.26 Å². The van der Waals surface area contributed by atoms with Crippen LogP contribution in [0, 0.1) is 0 Å². The Hall–Kier alpha value is -0.0200. The van der Waals surface area contributed by atoms with Crippen molar-refractivity contribution in [3.63, 3.8) is 0 Å². The summed E-state index contributed by atoms with van der Waals surface area (Å²) < 4.78 is 8.85. The first-order chi connectivity index (χ1) is 1.41. The molecule has 0 aliphatic heterocycles. The first-order valence-electron chi connectivity index (χ1n) is 0.575. The molecule has 3 heteroatoms. The molecule has 0 heterocycles. The Labute approximate surface area is 28.6 Å². The molecule has 0 saturated carbocycles. The third kappa shape index (κ3) is 4750. The van der Waals surface area contributed by atoms with Gasteiger partial charge in [0.1, 0.15) is 0 Å². The molecule has 0 aliphatic rings. The number of hydrogen-bond donors (Lipinski definition) is 0. The van der Waals surface area contributed by atoms with Gasteiger partial charge in [-0.05, 0) is 0 Å². The molecule has 0 spiro atoms. The molecule has 0 fully saturated rings. The van der Waals surface area contributed by atoms with Gasteiger partial charge in [-0.1, -0.05) is 0 Å². The van der Waals surface area contributed by atoms with Gasteiger partial charge >= 0.3 is 0 Å². The van der Waals surface area contributed by atoms with Gasteiger partial charge in [0.05, 0.1) is 11.7 Å². The van der Waals surface area contributed by atoms with E-state index < -0.39 is 0 Å². The van der Waals surface area contributed by atoms with Crippen molar-refractivity contribution in [3.8, 4) is 0 Å². The quantitative estimate of drug-likeness (QED) is 0.369. The predicted octanol–water partition coefficient (Wildman–Crippen LogP) is -0.996. The summed E-state index contributed by atoms with van der Waals surface area (Å²) in [6.45, 7) is 0. The Balaban J connectivity index is 0. The molecule has 0 aromatic heterocycles. The lowest BCUT2D eigenvalue weighted by atomic mass is 12.0. The van der Waals surface area contributed by atoms with Crippen molar-refractivity contribution in [1.82, 2.24) is 0 Å². The molecule has 2 nitrogen and oxygen atoms in total. The van der Waals surface area contributed by atoms with E-state index in [0.29, 0.717) is 11.7 Å². The van der Waals surface area contributed by atoms with Gasteiger partial charge in [0.2, 0.25) is 0 Å². The van der Waals surface area contributed by atoms with Crippen LogP contribution in [0.1, 0.15) is 0 Å². The van der Waals surface area contributed by atoms with E-state index in [0.717, 1.165) is 0 Å². The molecule has 0 amide bonds. The zero-order chi connectivity index (χ0) is 2.71. The van der Waals surface area contributed by atoms with Crippen molar-refractivity contribution < 1.29 is 9.69 Å². The van der Waals surface area contributed by atoms with Gasteiger partial charge in [-0.3, -0.25) is 0 Å². The van der Waals surface area contributed by atoms with E-state index >= 15 is 0 Å². The fraction of sp³-hybridized carbons (Fsp3) is 1.00. The van der Waals surface area contributed by atoms with Gasteiger partial charge in [-0.15, -0.1) is 0 Å². The van der Waals surface area contributed by atoms with E-state index in [1.807, 2.05) is 0 Å². The zero-order valence-corrected chi connectivity index (χ0v) is 3.13. The molecule has 0 aromatic carbocycles. The minimum absolute atomic E-state index is 0. The van der Waals surface area contributed by atoms with E-state index in [1.54, 1.807) is 0 Å². The van der Waals surface area contributed by atoms with Crippen LogP contribution >= 0.6 is 0 Å². The van der Waals surface area contributed by atoms with Crippen molar-refractivity contribution in [3.05, 3.63) is 0 Å². The minimum Gasteiger partial charge on any atom is -0.412 e. The van der Waals surface area contributed by atoms with Crippen LogP contribution < -0.4 is 0 Å². The van der Waals surface area contributed by atoms with Crippen LogP contribution in [-0.4, -0.2) is 15.9 Å². The summed E-state index contributed by atoms with van der Waals surface area (Å²) in [5.41, 5.74) is 0. The second-order valence-electron chi connectivity index (χ2n) is 0.167. The Morgan fingerprint density at radius 1 is 1.75 bits per heavy atom. The van der Waals surface area contributed by atoms with Crippen LogP contribution in [0.15, 0.2) is 0 Å². The lowest BCUT2D eigenvalue weighted by molar-refractivity contribution is 0.697. The molecule has 2 N–H and O–H groups in total. The number of rotatable bonds is 0. The van der Waals surface area contributed by atoms with E-state index in [4.69, 9.17) is 4.21 Å². The molecule has 27 valence electrons. The summed E-state index contributed by atoms with van der Waals surface area (Å²) in [6.07, 6.45) is 1.49. The largest absolute Gasteiger partial charge is 0.412 e. The summed E-state index contributed by atoms with van der Waals surface area (Å²) in [5.74, 6) is 0. The maximum atomic E-state index is 8.85. The molecule has 0 atom stereocenters. The predicted molar refractivity (Wildman–Crippen MR) is 17.7 cm³/mol. The highest BCUT2D eigenvalue weighted by Gasteiger charge is 1.24. The smallest absolute Gasteiger partial charge is 0.0553 e. The topological polar surface area (TPSA) is 48.6 Å². The molecule has 0 rings (SSSR count). The van der Waals surface area contributed by atoms with Crippen LogP contribution in [0.5, 0.6) is 0 Å². The van der Waals surface area contributed by atoms with Gasteiger partial charge in [0, 0.05) is 6.26 Å². The van der Waals surface area contributed by atoms with Gasteiger partial charge in [-0.25, -0.2) is 4.21 Å². The third-order valence-corrected chi connectivity index (χ3v) is 0. The summed E-state index contributed by atoms with van der Waals surface area (Å²) >= 11 is 0.500. The maximum absolute atomic E-state index is 8.85. The maximum Gasteiger partial charge on any atom is 0.0553 e. The second-order valence-corrected chi connectivity index (χ2v) is 0.500. The molecule has 4 heavy (non-hydrogen) atoms. The van der Waals surface area contributed by atoms with Crippen molar-refractivity contribution in [2.45, 2.75) is 0 Å². The van der Waals surface area contributed by atoms with E-state index in [-0.39, 0.29) is 5.48 Å². The normalized spacial score (nSPS) is 3.25. The lowest BCUT2D eigenvalue weighted by Crippen LogP contribution is -1.36. The fourth-order valence-corrected chi connectivity index (χ4v) is 0. The highest BCUT2D eigenvalue weighted by molar-refractivity contribution is 7.64. The molecule has 1 radical (unpaired) electrons. The van der Waals surface area contributed by atoms with Crippen LogP contribution in [0.4, 0.5) is 0 Å². The molecule has 0 bridgehead atoms. The van der Waals surface area contributed by atoms with Gasteiger partial charge < -0.3 is 5.48 Å². The molecular formula is CH5O2S. The monoisotopic (exact) mass is 81.0 g/mol. The van der Waals surface area contributed by atoms with Crippen molar-refractivity contribution >= 4 is 11.7 Å². The van der Waals surface area contributed by atoms with Gasteiger partial charge in [0.25, 0.3) is 0 Å². The molecule has 0 saturated heterocycles. The van der Waals surface area contributed by atoms with E-state index in [1.165, 1.54) is 6.26 Å². The Morgan fingerprint density at radius 3 is 1.75 bits per heavy atom. The average Bonchev–Trinajstić information content (AvgIpc) is 0.918. The summed E-state index contributed by atoms with van der Waals surface area (Å²) in [4.78, 5) is 0.